The highest BCUT2D eigenvalue weighted by Crippen LogP contribution is 2.22. The van der Waals surface area contributed by atoms with Crippen LogP contribution in [0, 0.1) is 13.8 Å². The zero-order valence-electron chi connectivity index (χ0n) is 11.8. The van der Waals surface area contributed by atoms with Crippen LogP contribution in [0.15, 0.2) is 30.5 Å². The average molecular weight is 257 g/mol. The smallest absolute Gasteiger partial charge is 0.150 e. The van der Waals surface area contributed by atoms with Crippen LogP contribution in [-0.4, -0.2) is 24.1 Å². The number of hydrogen-bond donors (Lipinski definition) is 0. The van der Waals surface area contributed by atoms with E-state index < -0.39 is 0 Å². The topological polar surface area (TPSA) is 38.2 Å². The molecule has 1 heterocycles. The average Bonchev–Trinajstić information content (AvgIpc) is 2.42. The van der Waals surface area contributed by atoms with Gasteiger partial charge in [0, 0.05) is 25.4 Å². The SMILES string of the molecule is COc1ccccc1CN(C)c1nc(C)cnc1C. The second-order valence-electron chi connectivity index (χ2n) is 4.59. The number of aromatic nitrogens is 2. The Morgan fingerprint density at radius 1 is 1.21 bits per heavy atom. The fraction of sp³-hybridized carbons (Fsp3) is 0.333. The van der Waals surface area contributed by atoms with Gasteiger partial charge in [0.2, 0.25) is 0 Å². The Labute approximate surface area is 114 Å². The van der Waals surface area contributed by atoms with Crippen LogP contribution in [0.25, 0.3) is 0 Å². The fourth-order valence-electron chi connectivity index (χ4n) is 2.05. The van der Waals surface area contributed by atoms with Gasteiger partial charge in [-0.25, -0.2) is 4.98 Å². The van der Waals surface area contributed by atoms with E-state index in [1.54, 1.807) is 13.3 Å². The summed E-state index contributed by atoms with van der Waals surface area (Å²) >= 11 is 0. The number of hydrogen-bond acceptors (Lipinski definition) is 4. The van der Waals surface area contributed by atoms with E-state index in [2.05, 4.69) is 20.9 Å². The second-order valence-corrected chi connectivity index (χ2v) is 4.59. The number of para-hydroxylation sites is 1. The molecule has 0 fully saturated rings. The van der Waals surface area contributed by atoms with E-state index in [0.717, 1.165) is 35.1 Å². The summed E-state index contributed by atoms with van der Waals surface area (Å²) < 4.78 is 5.37. The number of aryl methyl sites for hydroxylation is 2. The van der Waals surface area contributed by atoms with Crippen LogP contribution >= 0.6 is 0 Å². The van der Waals surface area contributed by atoms with Crippen LogP contribution < -0.4 is 9.64 Å². The van der Waals surface area contributed by atoms with E-state index in [1.807, 2.05) is 39.1 Å². The van der Waals surface area contributed by atoms with Gasteiger partial charge in [-0.2, -0.15) is 0 Å². The second kappa shape index (κ2) is 5.69. The van der Waals surface area contributed by atoms with Crippen LogP contribution in [0.1, 0.15) is 17.0 Å². The van der Waals surface area contributed by atoms with Gasteiger partial charge in [-0.3, -0.25) is 4.98 Å². The summed E-state index contributed by atoms with van der Waals surface area (Å²) in [4.78, 5) is 11.0. The Balaban J connectivity index is 2.25. The van der Waals surface area contributed by atoms with E-state index in [1.165, 1.54) is 0 Å². The molecule has 1 aromatic heterocycles. The van der Waals surface area contributed by atoms with Crippen LogP contribution in [0.5, 0.6) is 5.75 Å². The van der Waals surface area contributed by atoms with Gasteiger partial charge >= 0.3 is 0 Å². The number of ether oxygens (including phenoxy) is 1. The van der Waals surface area contributed by atoms with Crippen molar-refractivity contribution in [2.24, 2.45) is 0 Å². The number of anilines is 1. The lowest BCUT2D eigenvalue weighted by Crippen LogP contribution is -2.20. The molecular formula is C15H19N3O. The Hall–Kier alpha value is -2.10. The molecule has 0 aliphatic carbocycles. The maximum atomic E-state index is 5.37. The lowest BCUT2D eigenvalue weighted by Gasteiger charge is -2.21. The third-order valence-corrected chi connectivity index (χ3v) is 3.01. The van der Waals surface area contributed by atoms with Crippen molar-refractivity contribution in [1.82, 2.24) is 9.97 Å². The summed E-state index contributed by atoms with van der Waals surface area (Å²) in [6.45, 7) is 4.66. The minimum absolute atomic E-state index is 0.739. The van der Waals surface area contributed by atoms with Gasteiger partial charge in [-0.1, -0.05) is 18.2 Å². The molecule has 0 spiro atoms. The molecule has 19 heavy (non-hydrogen) atoms. The van der Waals surface area contributed by atoms with E-state index >= 15 is 0 Å². The number of benzene rings is 1. The van der Waals surface area contributed by atoms with Gasteiger partial charge in [0.1, 0.15) is 11.6 Å². The van der Waals surface area contributed by atoms with Crippen LogP contribution in [0.4, 0.5) is 5.82 Å². The summed E-state index contributed by atoms with van der Waals surface area (Å²) in [7, 11) is 3.71. The number of nitrogens with zero attached hydrogens (tertiary/aromatic N) is 3. The highest BCUT2D eigenvalue weighted by Gasteiger charge is 2.10. The lowest BCUT2D eigenvalue weighted by atomic mass is 10.2. The van der Waals surface area contributed by atoms with Crippen molar-refractivity contribution in [2.45, 2.75) is 20.4 Å². The molecule has 2 aromatic rings. The van der Waals surface area contributed by atoms with E-state index in [9.17, 15) is 0 Å². The normalized spacial score (nSPS) is 10.3. The van der Waals surface area contributed by atoms with Crippen molar-refractivity contribution >= 4 is 5.82 Å². The van der Waals surface area contributed by atoms with Gasteiger partial charge in [0.05, 0.1) is 18.5 Å². The largest absolute Gasteiger partial charge is 0.496 e. The fourth-order valence-corrected chi connectivity index (χ4v) is 2.05. The first-order valence-electron chi connectivity index (χ1n) is 6.25. The zero-order chi connectivity index (χ0) is 13.8. The van der Waals surface area contributed by atoms with Gasteiger partial charge < -0.3 is 9.64 Å². The molecule has 100 valence electrons. The molecule has 4 nitrogen and oxygen atoms in total. The van der Waals surface area contributed by atoms with Gasteiger partial charge in [0.15, 0.2) is 0 Å². The van der Waals surface area contributed by atoms with Crippen molar-refractivity contribution in [1.29, 1.82) is 0 Å². The predicted octanol–water partition coefficient (Wildman–Crippen LogP) is 2.74. The summed E-state index contributed by atoms with van der Waals surface area (Å²) in [5.74, 6) is 1.80. The van der Waals surface area contributed by atoms with Gasteiger partial charge in [-0.05, 0) is 19.9 Å². The number of rotatable bonds is 4. The minimum Gasteiger partial charge on any atom is -0.496 e. The highest BCUT2D eigenvalue weighted by atomic mass is 16.5. The van der Waals surface area contributed by atoms with Crippen molar-refractivity contribution in [3.05, 3.63) is 47.4 Å². The van der Waals surface area contributed by atoms with Crippen LogP contribution in [0.2, 0.25) is 0 Å². The first kappa shape index (κ1) is 13.3. The van der Waals surface area contributed by atoms with Crippen LogP contribution in [0.3, 0.4) is 0 Å². The molecule has 4 heteroatoms. The standard InChI is InChI=1S/C15H19N3O/c1-11-9-16-12(2)15(17-11)18(3)10-13-7-5-6-8-14(13)19-4/h5-9H,10H2,1-4H3. The van der Waals surface area contributed by atoms with Crippen molar-refractivity contribution in [3.8, 4) is 5.75 Å². The lowest BCUT2D eigenvalue weighted by molar-refractivity contribution is 0.409. The molecule has 0 unspecified atom stereocenters. The van der Waals surface area contributed by atoms with E-state index in [0.29, 0.717) is 0 Å². The maximum absolute atomic E-state index is 5.37. The molecule has 0 N–H and O–H groups in total. The molecule has 0 radical (unpaired) electrons. The highest BCUT2D eigenvalue weighted by molar-refractivity contribution is 5.45. The molecule has 0 saturated carbocycles. The van der Waals surface area contributed by atoms with Gasteiger partial charge in [0.25, 0.3) is 0 Å². The Morgan fingerprint density at radius 2 is 1.95 bits per heavy atom. The maximum Gasteiger partial charge on any atom is 0.150 e. The summed E-state index contributed by atoms with van der Waals surface area (Å²) in [6.07, 6.45) is 1.79. The van der Waals surface area contributed by atoms with Crippen molar-refractivity contribution in [3.63, 3.8) is 0 Å². The predicted molar refractivity (Wildman–Crippen MR) is 76.6 cm³/mol. The van der Waals surface area contributed by atoms with Gasteiger partial charge in [-0.15, -0.1) is 0 Å². The molecule has 0 amide bonds. The summed E-state index contributed by atoms with van der Waals surface area (Å²) in [5.41, 5.74) is 2.99. The third-order valence-electron chi connectivity index (χ3n) is 3.01. The molecule has 0 atom stereocenters. The Morgan fingerprint density at radius 3 is 2.68 bits per heavy atom. The zero-order valence-corrected chi connectivity index (χ0v) is 11.8. The first-order chi connectivity index (χ1) is 9.11. The van der Waals surface area contributed by atoms with Crippen LogP contribution in [-0.2, 0) is 6.54 Å². The Bertz CT molecular complexity index is 569. The molecule has 0 aliphatic rings. The monoisotopic (exact) mass is 257 g/mol. The first-order valence-corrected chi connectivity index (χ1v) is 6.25. The summed E-state index contributed by atoms with van der Waals surface area (Å²) in [5, 5.41) is 0. The molecule has 2 rings (SSSR count). The Kier molecular flexibility index (Phi) is 4.00. The molecule has 0 aliphatic heterocycles. The quantitative estimate of drug-likeness (QED) is 0.844. The molecular weight excluding hydrogens is 238 g/mol. The van der Waals surface area contributed by atoms with E-state index in [-0.39, 0.29) is 0 Å². The number of methoxy groups -OCH3 is 1. The summed E-state index contributed by atoms with van der Waals surface area (Å²) in [6, 6.07) is 8.02. The minimum atomic E-state index is 0.739. The molecule has 0 bridgehead atoms. The van der Waals surface area contributed by atoms with E-state index in [4.69, 9.17) is 4.74 Å². The third kappa shape index (κ3) is 3.02. The molecule has 0 saturated heterocycles. The molecule has 1 aromatic carbocycles. The van der Waals surface area contributed by atoms with Crippen molar-refractivity contribution < 1.29 is 4.74 Å². The van der Waals surface area contributed by atoms with Crippen molar-refractivity contribution in [2.75, 3.05) is 19.1 Å².